The maximum absolute atomic E-state index is 12.6. The van der Waals surface area contributed by atoms with E-state index in [1.54, 1.807) is 6.92 Å². The van der Waals surface area contributed by atoms with Gasteiger partial charge in [0.2, 0.25) is 10.0 Å². The minimum absolute atomic E-state index is 0.0528. The molecule has 4 nitrogen and oxygen atoms in total. The van der Waals surface area contributed by atoms with E-state index < -0.39 is 26.7 Å². The van der Waals surface area contributed by atoms with Crippen molar-refractivity contribution in [2.24, 2.45) is 0 Å². The van der Waals surface area contributed by atoms with Crippen molar-refractivity contribution in [1.82, 2.24) is 4.72 Å². The topological polar surface area (TPSA) is 55.4 Å². The summed E-state index contributed by atoms with van der Waals surface area (Å²) < 4.78 is 68.5. The third kappa shape index (κ3) is 4.62. The van der Waals surface area contributed by atoms with Gasteiger partial charge in [0.15, 0.2) is 0 Å². The minimum Gasteiger partial charge on any atom is -0.380 e. The fraction of sp³-hybridized carbons (Fsp3) is 0.455. The van der Waals surface area contributed by atoms with Gasteiger partial charge in [0.05, 0.1) is 17.2 Å². The fourth-order valence-electron chi connectivity index (χ4n) is 1.36. The Morgan fingerprint density at radius 3 is 2.55 bits per heavy atom. The first kappa shape index (κ1) is 17.2. The van der Waals surface area contributed by atoms with Crippen molar-refractivity contribution < 1.29 is 26.3 Å². The minimum atomic E-state index is -4.64. The maximum atomic E-state index is 12.6. The van der Waals surface area contributed by atoms with E-state index >= 15 is 0 Å². The Morgan fingerprint density at radius 2 is 2.00 bits per heavy atom. The Hall–Kier alpha value is -0.830. The summed E-state index contributed by atoms with van der Waals surface area (Å²) in [6, 6.07) is 2.13. The summed E-state index contributed by atoms with van der Waals surface area (Å²) in [7, 11) is -4.12. The molecule has 1 rings (SSSR count). The normalized spacial score (nSPS) is 12.7. The van der Waals surface area contributed by atoms with Gasteiger partial charge in [-0.25, -0.2) is 13.1 Å². The third-order valence-corrected chi connectivity index (χ3v) is 4.23. The first-order chi connectivity index (χ1) is 9.18. The second-order valence-corrected chi connectivity index (χ2v) is 5.88. The van der Waals surface area contributed by atoms with Crippen molar-refractivity contribution in [2.45, 2.75) is 18.0 Å². The standard InChI is InChI=1S/C11H13ClF3NO3S/c1-2-19-6-5-16-20(17,18)10-7-8(11(13,14)15)3-4-9(10)12/h3-4,7,16H,2,5-6H2,1H3. The molecule has 0 aromatic heterocycles. The van der Waals surface area contributed by atoms with Crippen LogP contribution < -0.4 is 4.72 Å². The van der Waals surface area contributed by atoms with Crippen LogP contribution in [0.15, 0.2) is 23.1 Å². The number of hydrogen-bond acceptors (Lipinski definition) is 3. The molecule has 0 aliphatic rings. The number of halogens is 4. The van der Waals surface area contributed by atoms with Crippen LogP contribution >= 0.6 is 11.6 Å². The Bertz CT molecular complexity index is 561. The lowest BCUT2D eigenvalue weighted by Crippen LogP contribution is -2.28. The van der Waals surface area contributed by atoms with Crippen LogP contribution in [-0.4, -0.2) is 28.2 Å². The molecule has 114 valence electrons. The number of sulfonamides is 1. The molecule has 0 heterocycles. The van der Waals surface area contributed by atoms with Crippen molar-refractivity contribution in [2.75, 3.05) is 19.8 Å². The highest BCUT2D eigenvalue weighted by atomic mass is 35.5. The largest absolute Gasteiger partial charge is 0.416 e. The van der Waals surface area contributed by atoms with Gasteiger partial charge >= 0.3 is 6.18 Å². The first-order valence-corrected chi connectivity index (χ1v) is 7.48. The second-order valence-electron chi connectivity index (χ2n) is 3.74. The lowest BCUT2D eigenvalue weighted by molar-refractivity contribution is -0.137. The van der Waals surface area contributed by atoms with Crippen molar-refractivity contribution in [1.29, 1.82) is 0 Å². The molecule has 0 atom stereocenters. The molecule has 0 aliphatic heterocycles. The molecule has 1 N–H and O–H groups in total. The van der Waals surface area contributed by atoms with Crippen LogP contribution in [0, 0.1) is 0 Å². The second kappa shape index (κ2) is 6.75. The van der Waals surface area contributed by atoms with Gasteiger partial charge in [0.25, 0.3) is 0 Å². The predicted molar refractivity (Wildman–Crippen MR) is 68.1 cm³/mol. The van der Waals surface area contributed by atoms with Crippen LogP contribution in [0.3, 0.4) is 0 Å². The van der Waals surface area contributed by atoms with Gasteiger partial charge in [0.1, 0.15) is 4.90 Å². The zero-order valence-corrected chi connectivity index (χ0v) is 12.1. The lowest BCUT2D eigenvalue weighted by Gasteiger charge is -2.12. The number of nitrogens with one attached hydrogen (secondary N) is 1. The van der Waals surface area contributed by atoms with E-state index in [4.69, 9.17) is 16.3 Å². The average molecular weight is 332 g/mol. The molecule has 0 fully saturated rings. The summed E-state index contributed by atoms with van der Waals surface area (Å²) in [4.78, 5) is -0.606. The van der Waals surface area contributed by atoms with Gasteiger partial charge in [-0.1, -0.05) is 11.6 Å². The summed E-state index contributed by atoms with van der Waals surface area (Å²) in [5, 5.41) is -0.276. The third-order valence-electron chi connectivity index (χ3n) is 2.29. The van der Waals surface area contributed by atoms with E-state index in [1.165, 1.54) is 0 Å². The number of rotatable bonds is 6. The predicted octanol–water partition coefficient (Wildman–Crippen LogP) is 2.67. The van der Waals surface area contributed by atoms with E-state index in [9.17, 15) is 21.6 Å². The molecule has 0 spiro atoms. The van der Waals surface area contributed by atoms with Crippen molar-refractivity contribution in [3.63, 3.8) is 0 Å². The summed E-state index contributed by atoms with van der Waals surface area (Å²) >= 11 is 5.65. The molecule has 20 heavy (non-hydrogen) atoms. The molecule has 0 amide bonds. The first-order valence-electron chi connectivity index (χ1n) is 5.62. The van der Waals surface area contributed by atoms with E-state index in [-0.39, 0.29) is 18.2 Å². The van der Waals surface area contributed by atoms with E-state index in [0.29, 0.717) is 12.7 Å². The van der Waals surface area contributed by atoms with Crippen LogP contribution in [-0.2, 0) is 20.9 Å². The smallest absolute Gasteiger partial charge is 0.380 e. The Morgan fingerprint density at radius 1 is 1.35 bits per heavy atom. The maximum Gasteiger partial charge on any atom is 0.416 e. The Kier molecular flexibility index (Phi) is 5.81. The molecule has 0 bridgehead atoms. The van der Waals surface area contributed by atoms with Crippen molar-refractivity contribution in [3.8, 4) is 0 Å². The quantitative estimate of drug-likeness (QED) is 0.815. The molecular formula is C11H13ClF3NO3S. The van der Waals surface area contributed by atoms with Gasteiger partial charge in [-0.15, -0.1) is 0 Å². The van der Waals surface area contributed by atoms with Crippen LogP contribution in [0.4, 0.5) is 13.2 Å². The van der Waals surface area contributed by atoms with Gasteiger partial charge < -0.3 is 4.74 Å². The SMILES string of the molecule is CCOCCNS(=O)(=O)c1cc(C(F)(F)F)ccc1Cl. The molecule has 1 aromatic rings. The zero-order chi connectivity index (χ0) is 15.4. The van der Waals surface area contributed by atoms with E-state index in [2.05, 4.69) is 4.72 Å². The highest BCUT2D eigenvalue weighted by molar-refractivity contribution is 7.89. The molecule has 0 aliphatic carbocycles. The molecular weight excluding hydrogens is 319 g/mol. The van der Waals surface area contributed by atoms with Crippen LogP contribution in [0.5, 0.6) is 0 Å². The molecule has 0 saturated heterocycles. The van der Waals surface area contributed by atoms with Crippen molar-refractivity contribution in [3.05, 3.63) is 28.8 Å². The van der Waals surface area contributed by atoms with Crippen LogP contribution in [0.25, 0.3) is 0 Å². The number of alkyl halides is 3. The molecule has 9 heteroatoms. The molecule has 0 saturated carbocycles. The highest BCUT2D eigenvalue weighted by Gasteiger charge is 2.32. The van der Waals surface area contributed by atoms with Gasteiger partial charge in [0, 0.05) is 13.2 Å². The summed E-state index contributed by atoms with van der Waals surface area (Å²) in [5.41, 5.74) is -1.08. The van der Waals surface area contributed by atoms with Gasteiger partial charge in [-0.05, 0) is 25.1 Å². The summed E-state index contributed by atoms with van der Waals surface area (Å²) in [6.45, 7) is 2.21. The number of ether oxygens (including phenoxy) is 1. The van der Waals surface area contributed by atoms with Crippen LogP contribution in [0.2, 0.25) is 5.02 Å². The van der Waals surface area contributed by atoms with Gasteiger partial charge in [-0.3, -0.25) is 0 Å². The number of hydrogen-bond donors (Lipinski definition) is 1. The van der Waals surface area contributed by atoms with Crippen molar-refractivity contribution >= 4 is 21.6 Å². The Balaban J connectivity index is 2.99. The summed E-state index contributed by atoms with van der Waals surface area (Å²) in [6.07, 6.45) is -4.64. The zero-order valence-electron chi connectivity index (χ0n) is 10.5. The molecule has 0 unspecified atom stereocenters. The monoisotopic (exact) mass is 331 g/mol. The fourth-order valence-corrected chi connectivity index (χ4v) is 2.89. The average Bonchev–Trinajstić information content (AvgIpc) is 2.33. The van der Waals surface area contributed by atoms with E-state index in [1.807, 2.05) is 0 Å². The van der Waals surface area contributed by atoms with Crippen LogP contribution in [0.1, 0.15) is 12.5 Å². The summed E-state index contributed by atoms with van der Waals surface area (Å²) in [5.74, 6) is 0. The molecule has 0 radical (unpaired) electrons. The Labute approximate surface area is 119 Å². The molecule has 1 aromatic carbocycles. The highest BCUT2D eigenvalue weighted by Crippen LogP contribution is 2.33. The van der Waals surface area contributed by atoms with E-state index in [0.717, 1.165) is 12.1 Å². The van der Waals surface area contributed by atoms with Gasteiger partial charge in [-0.2, -0.15) is 13.2 Å². The lowest BCUT2D eigenvalue weighted by atomic mass is 10.2. The number of benzene rings is 1.